The van der Waals surface area contributed by atoms with Gasteiger partial charge in [0.15, 0.2) is 0 Å². The van der Waals surface area contributed by atoms with Crippen LogP contribution in [0, 0.1) is 5.82 Å². The van der Waals surface area contributed by atoms with E-state index in [1.807, 2.05) is 47.4 Å². The van der Waals surface area contributed by atoms with Crippen LogP contribution in [0.1, 0.15) is 5.56 Å². The first-order valence-electron chi connectivity index (χ1n) is 15.5. The van der Waals surface area contributed by atoms with Crippen molar-refractivity contribution in [2.24, 2.45) is 0 Å². The van der Waals surface area contributed by atoms with Gasteiger partial charge in [-0.1, -0.05) is 103 Å². The number of hydrogen-bond donors (Lipinski definition) is 0. The normalized spacial score (nSPS) is 12.8. The van der Waals surface area contributed by atoms with Crippen LogP contribution < -0.4 is 9.80 Å². The third kappa shape index (κ3) is 4.08. The lowest BCUT2D eigenvalue weighted by atomic mass is 9.89. The lowest BCUT2D eigenvalue weighted by Crippen LogP contribution is -2.12. The lowest BCUT2D eigenvalue weighted by molar-refractivity contribution is 0.629. The molecule has 8 aromatic rings. The second-order valence-corrected chi connectivity index (χ2v) is 11.8. The zero-order chi connectivity index (χ0) is 29.9. The van der Waals surface area contributed by atoms with Crippen LogP contribution in [0.25, 0.3) is 43.4 Å². The molecule has 0 bridgehead atoms. The molecule has 2 nitrogen and oxygen atoms in total. The Morgan fingerprint density at radius 3 is 2.02 bits per heavy atom. The fraction of sp³-hybridized carbons (Fsp3) is 0.0476. The third-order valence-corrected chi connectivity index (χ3v) is 9.37. The Bertz CT molecular complexity index is 2340. The predicted molar refractivity (Wildman–Crippen MR) is 187 cm³/mol. The fourth-order valence-electron chi connectivity index (χ4n) is 7.28. The molecule has 0 saturated carbocycles. The minimum atomic E-state index is -0.254. The van der Waals surface area contributed by atoms with Gasteiger partial charge in [-0.3, -0.25) is 0 Å². The van der Waals surface area contributed by atoms with Crippen molar-refractivity contribution < 1.29 is 4.39 Å². The molecule has 0 fully saturated rings. The maximum absolute atomic E-state index is 15.4. The van der Waals surface area contributed by atoms with Crippen molar-refractivity contribution in [3.63, 3.8) is 0 Å². The van der Waals surface area contributed by atoms with E-state index in [1.54, 1.807) is 6.07 Å². The number of rotatable bonds is 5. The van der Waals surface area contributed by atoms with Gasteiger partial charge in [-0.05, 0) is 98.6 Å². The van der Waals surface area contributed by atoms with Crippen LogP contribution in [0.5, 0.6) is 0 Å². The summed E-state index contributed by atoms with van der Waals surface area (Å²) in [5, 5.41) is 7.13. The molecule has 1 heterocycles. The van der Waals surface area contributed by atoms with Crippen molar-refractivity contribution in [2.45, 2.75) is 6.42 Å². The summed E-state index contributed by atoms with van der Waals surface area (Å²) in [6.07, 6.45) is 1.08. The summed E-state index contributed by atoms with van der Waals surface area (Å²) >= 11 is 0. The van der Waals surface area contributed by atoms with Gasteiger partial charge in [-0.2, -0.15) is 0 Å². The molecule has 3 heteroatoms. The fourth-order valence-corrected chi connectivity index (χ4v) is 7.28. The lowest BCUT2D eigenvalue weighted by Gasteiger charge is -2.28. The summed E-state index contributed by atoms with van der Waals surface area (Å²) in [6.45, 7) is 1.01. The number of nitrogens with zero attached hydrogens (tertiary/aromatic N) is 2. The molecule has 0 radical (unpaired) electrons. The van der Waals surface area contributed by atoms with Crippen LogP contribution >= 0.6 is 0 Å². The van der Waals surface area contributed by atoms with Gasteiger partial charge in [-0.15, -0.1) is 0 Å². The van der Waals surface area contributed by atoms with E-state index >= 15 is 4.39 Å². The summed E-state index contributed by atoms with van der Waals surface area (Å²) in [6, 6.07) is 52.4. The molecule has 0 aromatic heterocycles. The summed E-state index contributed by atoms with van der Waals surface area (Å²) in [5.41, 5.74) is 8.75. The molecule has 0 N–H and O–H groups in total. The van der Waals surface area contributed by atoms with Gasteiger partial charge in [0.05, 0.1) is 11.4 Å². The first-order valence-corrected chi connectivity index (χ1v) is 15.5. The maximum Gasteiger partial charge on any atom is 0.147 e. The molecule has 8 aromatic carbocycles. The van der Waals surface area contributed by atoms with Gasteiger partial charge in [0, 0.05) is 29.0 Å². The minimum Gasteiger partial charge on any atom is -0.341 e. The molecule has 0 aliphatic carbocycles. The van der Waals surface area contributed by atoms with E-state index < -0.39 is 0 Å². The van der Waals surface area contributed by atoms with E-state index in [4.69, 9.17) is 0 Å². The van der Waals surface area contributed by atoms with E-state index in [9.17, 15) is 0 Å². The molecule has 1 aliphatic rings. The van der Waals surface area contributed by atoms with Crippen LogP contribution in [0.15, 0.2) is 152 Å². The SMILES string of the molecule is Fc1ccccc1N(c1ccccc1)c1ccc2ccc3c(-c4ccc(N5CCc6ccccc65)cc4)ccc4ccc1c2c43. The first-order chi connectivity index (χ1) is 22.2. The van der Waals surface area contributed by atoms with E-state index in [-0.39, 0.29) is 5.82 Å². The van der Waals surface area contributed by atoms with E-state index in [0.29, 0.717) is 5.69 Å². The summed E-state index contributed by atoms with van der Waals surface area (Å²) in [5.74, 6) is -0.254. The van der Waals surface area contributed by atoms with Gasteiger partial charge >= 0.3 is 0 Å². The van der Waals surface area contributed by atoms with Crippen molar-refractivity contribution >= 4 is 60.8 Å². The van der Waals surface area contributed by atoms with Gasteiger partial charge < -0.3 is 9.80 Å². The van der Waals surface area contributed by atoms with Crippen LogP contribution in [-0.4, -0.2) is 6.54 Å². The number of anilines is 5. The number of fused-ring (bicyclic) bond motifs is 1. The van der Waals surface area contributed by atoms with Crippen molar-refractivity contribution in [2.75, 3.05) is 16.3 Å². The van der Waals surface area contributed by atoms with Crippen LogP contribution in [0.3, 0.4) is 0 Å². The highest BCUT2D eigenvalue weighted by molar-refractivity contribution is 6.27. The second-order valence-electron chi connectivity index (χ2n) is 11.8. The number of para-hydroxylation sites is 3. The van der Waals surface area contributed by atoms with Crippen LogP contribution in [0.2, 0.25) is 0 Å². The molecule has 0 unspecified atom stereocenters. The van der Waals surface area contributed by atoms with E-state index in [0.717, 1.165) is 29.7 Å². The quantitative estimate of drug-likeness (QED) is 0.187. The molecule has 45 heavy (non-hydrogen) atoms. The van der Waals surface area contributed by atoms with Crippen LogP contribution in [0.4, 0.5) is 32.8 Å². The maximum atomic E-state index is 15.4. The topological polar surface area (TPSA) is 6.48 Å². The highest BCUT2D eigenvalue weighted by Crippen LogP contribution is 2.46. The van der Waals surface area contributed by atoms with Gasteiger partial charge in [-0.25, -0.2) is 4.39 Å². The zero-order valence-corrected chi connectivity index (χ0v) is 24.6. The molecule has 0 saturated heterocycles. The Morgan fingerprint density at radius 2 is 1.20 bits per heavy atom. The smallest absolute Gasteiger partial charge is 0.147 e. The molecule has 214 valence electrons. The summed E-state index contributed by atoms with van der Waals surface area (Å²) in [7, 11) is 0. The number of hydrogen-bond acceptors (Lipinski definition) is 2. The van der Waals surface area contributed by atoms with Crippen molar-refractivity contribution in [3.8, 4) is 11.1 Å². The standard InChI is InChI=1S/C42H29FN2/c43-37-11-5-7-13-40(37)45(33-9-2-1-3-10-33)39-25-19-31-17-23-35-34(22-16-30-18-24-36(39)42(31)41(30)35)28-14-20-32(21-15-28)44-27-26-29-8-4-6-12-38(29)44/h1-25H,26-27H2. The molecule has 0 atom stereocenters. The Hall–Kier alpha value is -5.67. The largest absolute Gasteiger partial charge is 0.341 e. The van der Waals surface area contributed by atoms with Crippen molar-refractivity contribution in [1.29, 1.82) is 0 Å². The van der Waals surface area contributed by atoms with E-state index in [1.165, 1.54) is 61.1 Å². The van der Waals surface area contributed by atoms with Crippen LogP contribution in [-0.2, 0) is 6.42 Å². The number of benzene rings is 8. The number of halogens is 1. The predicted octanol–water partition coefficient (Wildman–Crippen LogP) is 11.6. The van der Waals surface area contributed by atoms with Gasteiger partial charge in [0.2, 0.25) is 0 Å². The molecule has 0 amide bonds. The molecule has 9 rings (SSSR count). The third-order valence-electron chi connectivity index (χ3n) is 9.37. The molecule has 1 aliphatic heterocycles. The van der Waals surface area contributed by atoms with E-state index in [2.05, 4.69) is 102 Å². The average molecular weight is 581 g/mol. The Balaban J connectivity index is 1.21. The summed E-state index contributed by atoms with van der Waals surface area (Å²) < 4.78 is 15.4. The molecule has 0 spiro atoms. The Labute approximate surface area is 261 Å². The highest BCUT2D eigenvalue weighted by atomic mass is 19.1. The summed E-state index contributed by atoms with van der Waals surface area (Å²) in [4.78, 5) is 4.45. The average Bonchev–Trinajstić information content (AvgIpc) is 3.53. The van der Waals surface area contributed by atoms with Crippen molar-refractivity contribution in [1.82, 2.24) is 0 Å². The van der Waals surface area contributed by atoms with Gasteiger partial charge in [0.25, 0.3) is 0 Å². The monoisotopic (exact) mass is 580 g/mol. The molecular weight excluding hydrogens is 551 g/mol. The Kier molecular flexibility index (Phi) is 5.85. The minimum absolute atomic E-state index is 0.254. The second kappa shape index (κ2) is 10.2. The molecular formula is C42H29FN2. The van der Waals surface area contributed by atoms with Crippen molar-refractivity contribution in [3.05, 3.63) is 163 Å². The first kappa shape index (κ1) is 25.8. The Morgan fingerprint density at radius 1 is 0.533 bits per heavy atom. The zero-order valence-electron chi connectivity index (χ0n) is 24.6. The van der Waals surface area contributed by atoms with Gasteiger partial charge in [0.1, 0.15) is 5.82 Å². The highest BCUT2D eigenvalue weighted by Gasteiger charge is 2.22.